The number of carbonyl (C=O) groups is 1. The maximum absolute atomic E-state index is 12.7. The lowest BCUT2D eigenvalue weighted by atomic mass is 10.2. The first kappa shape index (κ1) is 22.4. The van der Waals surface area contributed by atoms with Gasteiger partial charge in [0, 0.05) is 37.4 Å². The van der Waals surface area contributed by atoms with Crippen molar-refractivity contribution in [2.45, 2.75) is 50.6 Å². The molecule has 11 heteroatoms. The average Bonchev–Trinajstić information content (AvgIpc) is 3.44. The Morgan fingerprint density at radius 1 is 1.23 bits per heavy atom. The number of amides is 1. The number of thioether (sulfide) groups is 1. The van der Waals surface area contributed by atoms with Gasteiger partial charge in [0.25, 0.3) is 0 Å². The van der Waals surface area contributed by atoms with Gasteiger partial charge in [-0.2, -0.15) is 4.98 Å². The summed E-state index contributed by atoms with van der Waals surface area (Å²) >= 11 is 2.72. The van der Waals surface area contributed by atoms with Gasteiger partial charge >= 0.3 is 5.69 Å². The molecule has 0 atom stereocenters. The summed E-state index contributed by atoms with van der Waals surface area (Å²) < 4.78 is 7.24. The van der Waals surface area contributed by atoms with Crippen LogP contribution in [-0.4, -0.2) is 69.2 Å². The predicted molar refractivity (Wildman–Crippen MR) is 121 cm³/mol. The third-order valence-electron chi connectivity index (χ3n) is 5.52. The Labute approximate surface area is 189 Å². The van der Waals surface area contributed by atoms with Crippen LogP contribution < -0.4 is 11.0 Å². The maximum atomic E-state index is 12.7. The fourth-order valence-electron chi connectivity index (χ4n) is 3.95. The molecule has 9 nitrogen and oxygen atoms in total. The van der Waals surface area contributed by atoms with Crippen LogP contribution in [0.5, 0.6) is 0 Å². The number of aryl methyl sites for hydroxylation is 1. The van der Waals surface area contributed by atoms with Gasteiger partial charge in [0.05, 0.1) is 19.0 Å². The van der Waals surface area contributed by atoms with Crippen molar-refractivity contribution < 1.29 is 9.53 Å². The summed E-state index contributed by atoms with van der Waals surface area (Å²) in [5.74, 6) is 0.0353. The maximum Gasteiger partial charge on any atom is 0.348 e. The van der Waals surface area contributed by atoms with Crippen LogP contribution in [0.25, 0.3) is 0 Å². The Morgan fingerprint density at radius 2 is 2.06 bits per heavy atom. The highest BCUT2D eigenvalue weighted by molar-refractivity contribution is 8.00. The number of ether oxygens (including phenoxy) is 1. The Morgan fingerprint density at radius 3 is 2.84 bits per heavy atom. The highest BCUT2D eigenvalue weighted by atomic mass is 32.2. The van der Waals surface area contributed by atoms with E-state index in [1.807, 2.05) is 11.5 Å². The second-order valence-corrected chi connectivity index (χ2v) is 9.66. The average molecular weight is 465 g/mol. The minimum absolute atomic E-state index is 0.160. The van der Waals surface area contributed by atoms with Crippen LogP contribution in [0.2, 0.25) is 0 Å². The number of fused-ring (bicyclic) bond motifs is 1. The van der Waals surface area contributed by atoms with E-state index in [1.165, 1.54) is 23.1 Å². The zero-order valence-corrected chi connectivity index (χ0v) is 19.4. The summed E-state index contributed by atoms with van der Waals surface area (Å²) in [5.41, 5.74) is 2.02. The van der Waals surface area contributed by atoms with Crippen LogP contribution in [0, 0.1) is 0 Å². The molecule has 1 amide bonds. The summed E-state index contributed by atoms with van der Waals surface area (Å²) in [5, 5.41) is 12.9. The molecule has 1 aliphatic carbocycles. The molecule has 4 rings (SSSR count). The standard InChI is InChI=1S/C20H28N6O3S2/c1-2-17-23-24-19(31-17)21-16(27)13-30-18-14-5-3-6-15(14)26(20(28)22-18)8-4-7-25-9-11-29-12-10-25/h2-13H2,1H3,(H,21,24,27). The monoisotopic (exact) mass is 464 g/mol. The molecule has 3 heterocycles. The summed E-state index contributed by atoms with van der Waals surface area (Å²) in [6.45, 7) is 7.14. The van der Waals surface area contributed by atoms with Crippen LogP contribution in [-0.2, 0) is 35.3 Å². The molecule has 0 spiro atoms. The van der Waals surface area contributed by atoms with E-state index in [-0.39, 0.29) is 17.3 Å². The molecule has 1 fully saturated rings. The van der Waals surface area contributed by atoms with Gasteiger partial charge in [0.1, 0.15) is 10.0 Å². The molecule has 168 valence electrons. The van der Waals surface area contributed by atoms with Crippen LogP contribution in [0.4, 0.5) is 5.13 Å². The van der Waals surface area contributed by atoms with E-state index < -0.39 is 0 Å². The molecule has 2 aromatic heterocycles. The first-order chi connectivity index (χ1) is 15.1. The minimum Gasteiger partial charge on any atom is -0.379 e. The van der Waals surface area contributed by atoms with E-state index in [0.29, 0.717) is 16.7 Å². The van der Waals surface area contributed by atoms with Crippen LogP contribution in [0.3, 0.4) is 0 Å². The summed E-state index contributed by atoms with van der Waals surface area (Å²) in [7, 11) is 0. The molecule has 0 radical (unpaired) electrons. The molecule has 2 aliphatic rings. The van der Waals surface area contributed by atoms with Crippen molar-refractivity contribution in [3.63, 3.8) is 0 Å². The Balaban J connectivity index is 1.36. The first-order valence-electron chi connectivity index (χ1n) is 10.8. The molecule has 0 saturated carbocycles. The van der Waals surface area contributed by atoms with Gasteiger partial charge in [0.2, 0.25) is 11.0 Å². The molecule has 1 N–H and O–H groups in total. The predicted octanol–water partition coefficient (Wildman–Crippen LogP) is 1.60. The van der Waals surface area contributed by atoms with Gasteiger partial charge in [-0.1, -0.05) is 30.0 Å². The fourth-order valence-corrected chi connectivity index (χ4v) is 5.52. The Bertz CT molecular complexity index is 970. The van der Waals surface area contributed by atoms with Gasteiger partial charge in [-0.15, -0.1) is 10.2 Å². The molecule has 0 aromatic carbocycles. The van der Waals surface area contributed by atoms with Crippen molar-refractivity contribution in [3.05, 3.63) is 26.7 Å². The topological polar surface area (TPSA) is 102 Å². The molecular weight excluding hydrogens is 436 g/mol. The smallest absolute Gasteiger partial charge is 0.348 e. The molecular formula is C20H28N6O3S2. The second-order valence-electron chi connectivity index (χ2n) is 7.63. The molecule has 0 bridgehead atoms. The van der Waals surface area contributed by atoms with Gasteiger partial charge in [-0.25, -0.2) is 4.79 Å². The van der Waals surface area contributed by atoms with Crippen molar-refractivity contribution in [1.29, 1.82) is 0 Å². The quantitative estimate of drug-likeness (QED) is 0.441. The largest absolute Gasteiger partial charge is 0.379 e. The van der Waals surface area contributed by atoms with Crippen molar-refractivity contribution in [3.8, 4) is 0 Å². The van der Waals surface area contributed by atoms with Crippen molar-refractivity contribution in [1.82, 2.24) is 24.6 Å². The Hall–Kier alpha value is -1.82. The zero-order chi connectivity index (χ0) is 21.6. The van der Waals surface area contributed by atoms with Gasteiger partial charge in [-0.05, 0) is 32.1 Å². The molecule has 2 aromatic rings. The van der Waals surface area contributed by atoms with Crippen molar-refractivity contribution in [2.24, 2.45) is 0 Å². The number of hydrogen-bond acceptors (Lipinski definition) is 9. The highest BCUT2D eigenvalue weighted by Crippen LogP contribution is 2.29. The lowest BCUT2D eigenvalue weighted by molar-refractivity contribution is -0.113. The lowest BCUT2D eigenvalue weighted by Gasteiger charge is -2.26. The summed E-state index contributed by atoms with van der Waals surface area (Å²) in [4.78, 5) is 31.8. The number of aromatic nitrogens is 4. The van der Waals surface area contributed by atoms with Crippen LogP contribution >= 0.6 is 23.1 Å². The summed E-state index contributed by atoms with van der Waals surface area (Å²) in [6, 6.07) is 0. The van der Waals surface area contributed by atoms with Crippen molar-refractivity contribution >= 4 is 34.1 Å². The number of rotatable bonds is 9. The first-order valence-corrected chi connectivity index (χ1v) is 12.6. The van der Waals surface area contributed by atoms with E-state index in [9.17, 15) is 9.59 Å². The summed E-state index contributed by atoms with van der Waals surface area (Å²) in [6.07, 6.45) is 4.54. The highest BCUT2D eigenvalue weighted by Gasteiger charge is 2.23. The molecule has 1 saturated heterocycles. The number of hydrogen-bond donors (Lipinski definition) is 1. The number of morpholine rings is 1. The van der Waals surface area contributed by atoms with E-state index >= 15 is 0 Å². The van der Waals surface area contributed by atoms with Gasteiger partial charge in [0.15, 0.2) is 0 Å². The van der Waals surface area contributed by atoms with E-state index in [4.69, 9.17) is 4.74 Å². The van der Waals surface area contributed by atoms with Gasteiger partial charge < -0.3 is 4.74 Å². The van der Waals surface area contributed by atoms with Gasteiger partial charge in [-0.3, -0.25) is 19.6 Å². The molecule has 31 heavy (non-hydrogen) atoms. The third-order valence-corrected chi connectivity index (χ3v) is 7.52. The zero-order valence-electron chi connectivity index (χ0n) is 17.8. The second kappa shape index (κ2) is 10.7. The van der Waals surface area contributed by atoms with Crippen LogP contribution in [0.1, 0.15) is 36.0 Å². The molecule has 1 aliphatic heterocycles. The number of carbonyl (C=O) groups excluding carboxylic acids is 1. The lowest BCUT2D eigenvalue weighted by Crippen LogP contribution is -2.37. The van der Waals surface area contributed by atoms with E-state index in [0.717, 1.165) is 81.2 Å². The fraction of sp³-hybridized carbons (Fsp3) is 0.650. The van der Waals surface area contributed by atoms with E-state index in [2.05, 4.69) is 25.4 Å². The number of anilines is 1. The normalized spacial score (nSPS) is 16.4. The number of nitrogens with zero attached hydrogens (tertiary/aromatic N) is 5. The number of nitrogens with one attached hydrogen (secondary N) is 1. The minimum atomic E-state index is -0.206. The van der Waals surface area contributed by atoms with Crippen molar-refractivity contribution in [2.75, 3.05) is 43.9 Å². The Kier molecular flexibility index (Phi) is 7.70. The third kappa shape index (κ3) is 5.71. The SMILES string of the molecule is CCc1nnc(NC(=O)CSc2nc(=O)n(CCCN3CCOCC3)c3c2CCC3)s1. The molecule has 0 unspecified atom stereocenters. The van der Waals surface area contributed by atoms with Crippen LogP contribution in [0.15, 0.2) is 9.82 Å². The van der Waals surface area contributed by atoms with E-state index in [1.54, 1.807) is 0 Å².